The average Bonchev–Trinajstić information content (AvgIpc) is 2.51. The molecule has 0 spiro atoms. The van der Waals surface area contributed by atoms with Crippen LogP contribution in [0.1, 0.15) is 25.8 Å². The van der Waals surface area contributed by atoms with Crippen molar-refractivity contribution in [1.82, 2.24) is 10.6 Å². The van der Waals surface area contributed by atoms with E-state index in [9.17, 15) is 19.5 Å². The summed E-state index contributed by atoms with van der Waals surface area (Å²) in [5.74, 6) is -1.24. The Labute approximate surface area is 136 Å². The maximum Gasteiger partial charge on any atom is 0.326 e. The summed E-state index contributed by atoms with van der Waals surface area (Å²) in [6.07, 6.45) is 1.42. The zero-order valence-electron chi connectivity index (χ0n) is 13.5. The normalized spacial score (nSPS) is 13.3. The number of carbonyl (C=O) groups excluding carboxylic acids is 2. The summed E-state index contributed by atoms with van der Waals surface area (Å²) in [7, 11) is 0. The van der Waals surface area contributed by atoms with E-state index in [1.54, 1.807) is 0 Å². The van der Waals surface area contributed by atoms with Crippen molar-refractivity contribution in [2.45, 2.75) is 38.8 Å². The molecule has 0 radical (unpaired) electrons. The van der Waals surface area contributed by atoms with Crippen LogP contribution in [0.4, 0.5) is 0 Å². The smallest absolute Gasteiger partial charge is 0.326 e. The van der Waals surface area contributed by atoms with Gasteiger partial charge in [0, 0.05) is 6.42 Å². The molecule has 2 unspecified atom stereocenters. The summed E-state index contributed by atoms with van der Waals surface area (Å²) in [6, 6.07) is 7.54. The molecule has 0 saturated heterocycles. The van der Waals surface area contributed by atoms with Crippen LogP contribution in [0.2, 0.25) is 0 Å². The van der Waals surface area contributed by atoms with Crippen molar-refractivity contribution < 1.29 is 19.5 Å². The lowest BCUT2D eigenvalue weighted by Crippen LogP contribution is -2.51. The largest absolute Gasteiger partial charge is 0.480 e. The van der Waals surface area contributed by atoms with Gasteiger partial charge in [-0.2, -0.15) is 0 Å². The van der Waals surface area contributed by atoms with E-state index in [0.29, 0.717) is 12.7 Å². The third kappa shape index (κ3) is 7.06. The molecule has 3 N–H and O–H groups in total. The number of aliphatic carboxylic acids is 1. The Morgan fingerprint density at radius 1 is 1.17 bits per heavy atom. The minimum atomic E-state index is -1.08. The SMILES string of the molecule is CC(C)CC(NCC=O)C(=O)NC(Cc1ccccc1)C(=O)O. The van der Waals surface area contributed by atoms with Crippen molar-refractivity contribution in [3.05, 3.63) is 35.9 Å². The molecular formula is C17H24N2O4. The zero-order chi connectivity index (χ0) is 17.2. The molecule has 0 saturated carbocycles. The number of carbonyl (C=O) groups is 3. The van der Waals surface area contributed by atoms with Gasteiger partial charge in [0.25, 0.3) is 0 Å². The molecule has 23 heavy (non-hydrogen) atoms. The Bertz CT molecular complexity index is 517. The van der Waals surface area contributed by atoms with Crippen molar-refractivity contribution in [3.63, 3.8) is 0 Å². The molecule has 6 heteroatoms. The minimum Gasteiger partial charge on any atom is -0.480 e. The van der Waals surface area contributed by atoms with Crippen molar-refractivity contribution in [2.75, 3.05) is 6.54 Å². The van der Waals surface area contributed by atoms with Crippen LogP contribution < -0.4 is 10.6 Å². The van der Waals surface area contributed by atoms with Crippen molar-refractivity contribution in [2.24, 2.45) is 5.92 Å². The zero-order valence-corrected chi connectivity index (χ0v) is 13.5. The summed E-state index contributed by atoms with van der Waals surface area (Å²) in [5, 5.41) is 14.7. The van der Waals surface area contributed by atoms with Crippen LogP contribution in [-0.4, -0.2) is 41.9 Å². The van der Waals surface area contributed by atoms with Crippen LogP contribution >= 0.6 is 0 Å². The number of rotatable bonds is 10. The maximum atomic E-state index is 12.3. The van der Waals surface area contributed by atoms with E-state index in [-0.39, 0.29) is 18.9 Å². The molecular weight excluding hydrogens is 296 g/mol. The highest BCUT2D eigenvalue weighted by molar-refractivity contribution is 5.87. The van der Waals surface area contributed by atoms with Gasteiger partial charge in [-0.3, -0.25) is 10.1 Å². The predicted molar refractivity (Wildman–Crippen MR) is 87.0 cm³/mol. The Morgan fingerprint density at radius 2 is 1.83 bits per heavy atom. The van der Waals surface area contributed by atoms with Crippen LogP contribution in [0, 0.1) is 5.92 Å². The fourth-order valence-electron chi connectivity index (χ4n) is 2.27. The third-order valence-corrected chi connectivity index (χ3v) is 3.37. The Hall–Kier alpha value is -2.21. The topological polar surface area (TPSA) is 95.5 Å². The molecule has 0 aliphatic carbocycles. The molecule has 0 fully saturated rings. The second-order valence-electron chi connectivity index (χ2n) is 5.85. The van der Waals surface area contributed by atoms with Gasteiger partial charge >= 0.3 is 5.97 Å². The van der Waals surface area contributed by atoms with Crippen LogP contribution in [0.5, 0.6) is 0 Å². The average molecular weight is 320 g/mol. The van der Waals surface area contributed by atoms with Gasteiger partial charge in [0.05, 0.1) is 12.6 Å². The van der Waals surface area contributed by atoms with Gasteiger partial charge in [-0.05, 0) is 17.9 Å². The minimum absolute atomic E-state index is 0.0568. The second-order valence-corrected chi connectivity index (χ2v) is 5.85. The lowest BCUT2D eigenvalue weighted by Gasteiger charge is -2.22. The van der Waals surface area contributed by atoms with Crippen LogP contribution in [0.25, 0.3) is 0 Å². The fourth-order valence-corrected chi connectivity index (χ4v) is 2.27. The number of benzene rings is 1. The molecule has 0 aliphatic rings. The summed E-state index contributed by atoms with van der Waals surface area (Å²) in [6.45, 7) is 3.98. The summed E-state index contributed by atoms with van der Waals surface area (Å²) < 4.78 is 0. The Balaban J connectivity index is 2.73. The van der Waals surface area contributed by atoms with Gasteiger partial charge < -0.3 is 15.2 Å². The predicted octanol–water partition coefficient (Wildman–Crippen LogP) is 1.00. The maximum absolute atomic E-state index is 12.3. The van der Waals surface area contributed by atoms with E-state index in [0.717, 1.165) is 5.56 Å². The Kier molecular flexibility index (Phi) is 7.97. The van der Waals surface area contributed by atoms with E-state index in [1.165, 1.54) is 0 Å². The first-order chi connectivity index (χ1) is 10.9. The number of hydrogen-bond donors (Lipinski definition) is 3. The number of amides is 1. The Morgan fingerprint density at radius 3 is 2.35 bits per heavy atom. The standard InChI is InChI=1S/C17H24N2O4/c1-12(2)10-14(18-8-9-20)16(21)19-15(17(22)23)11-13-6-4-3-5-7-13/h3-7,9,12,14-15,18H,8,10-11H2,1-2H3,(H,19,21)(H,22,23). The molecule has 0 aliphatic heterocycles. The van der Waals surface area contributed by atoms with Gasteiger partial charge in [0.1, 0.15) is 12.3 Å². The summed E-state index contributed by atoms with van der Waals surface area (Å²) in [4.78, 5) is 34.2. The molecule has 0 bridgehead atoms. The molecule has 6 nitrogen and oxygen atoms in total. The lowest BCUT2D eigenvalue weighted by atomic mass is 10.0. The quantitative estimate of drug-likeness (QED) is 0.559. The first-order valence-corrected chi connectivity index (χ1v) is 7.68. The molecule has 0 aromatic heterocycles. The van der Waals surface area contributed by atoms with Crippen LogP contribution in [-0.2, 0) is 20.8 Å². The van der Waals surface area contributed by atoms with E-state index in [1.807, 2.05) is 44.2 Å². The number of hydrogen-bond acceptors (Lipinski definition) is 4. The highest BCUT2D eigenvalue weighted by Crippen LogP contribution is 2.07. The molecule has 1 aromatic carbocycles. The van der Waals surface area contributed by atoms with E-state index < -0.39 is 24.0 Å². The lowest BCUT2D eigenvalue weighted by molar-refractivity contribution is -0.142. The molecule has 1 rings (SSSR count). The molecule has 126 valence electrons. The fraction of sp³-hybridized carbons (Fsp3) is 0.471. The first kappa shape index (κ1) is 18.8. The second kappa shape index (κ2) is 9.74. The molecule has 1 amide bonds. The van der Waals surface area contributed by atoms with Gasteiger partial charge in [0.15, 0.2) is 0 Å². The third-order valence-electron chi connectivity index (χ3n) is 3.37. The van der Waals surface area contributed by atoms with Crippen molar-refractivity contribution in [3.8, 4) is 0 Å². The van der Waals surface area contributed by atoms with Crippen molar-refractivity contribution >= 4 is 18.2 Å². The highest BCUT2D eigenvalue weighted by Gasteiger charge is 2.25. The van der Waals surface area contributed by atoms with Gasteiger partial charge in [0.2, 0.25) is 5.91 Å². The van der Waals surface area contributed by atoms with E-state index in [2.05, 4.69) is 10.6 Å². The number of carboxylic acid groups (broad SMARTS) is 1. The summed E-state index contributed by atoms with van der Waals surface area (Å²) >= 11 is 0. The van der Waals surface area contributed by atoms with Crippen LogP contribution in [0.15, 0.2) is 30.3 Å². The number of nitrogens with one attached hydrogen (secondary N) is 2. The molecule has 0 heterocycles. The first-order valence-electron chi connectivity index (χ1n) is 7.68. The van der Waals surface area contributed by atoms with Gasteiger partial charge in [-0.25, -0.2) is 4.79 Å². The monoisotopic (exact) mass is 320 g/mol. The molecule has 1 aromatic rings. The summed E-state index contributed by atoms with van der Waals surface area (Å²) in [5.41, 5.74) is 0.835. The highest BCUT2D eigenvalue weighted by atomic mass is 16.4. The van der Waals surface area contributed by atoms with E-state index in [4.69, 9.17) is 0 Å². The van der Waals surface area contributed by atoms with Crippen LogP contribution in [0.3, 0.4) is 0 Å². The number of aldehydes is 1. The van der Waals surface area contributed by atoms with Crippen molar-refractivity contribution in [1.29, 1.82) is 0 Å². The molecule has 2 atom stereocenters. The van der Waals surface area contributed by atoms with E-state index >= 15 is 0 Å². The van der Waals surface area contributed by atoms with Gasteiger partial charge in [-0.1, -0.05) is 44.2 Å². The van der Waals surface area contributed by atoms with Gasteiger partial charge in [-0.15, -0.1) is 0 Å². The number of carboxylic acids is 1.